The van der Waals surface area contributed by atoms with E-state index in [4.69, 9.17) is 10.4 Å². The number of nitriles is 1. The Kier molecular flexibility index (Phi) is 3.80. The molecule has 16 heavy (non-hydrogen) atoms. The number of halogens is 1. The molecule has 1 rings (SSSR count). The molecule has 0 heterocycles. The highest BCUT2D eigenvalue weighted by molar-refractivity contribution is 9.10. The first kappa shape index (κ1) is 12.4. The van der Waals surface area contributed by atoms with Crippen molar-refractivity contribution in [3.05, 3.63) is 34.9 Å². The molecule has 1 aromatic rings. The van der Waals surface area contributed by atoms with E-state index in [9.17, 15) is 9.59 Å². The minimum Gasteiger partial charge on any atom is -0.478 e. The summed E-state index contributed by atoms with van der Waals surface area (Å²) in [7, 11) is 0. The van der Waals surface area contributed by atoms with Crippen molar-refractivity contribution in [1.29, 1.82) is 5.26 Å². The monoisotopic (exact) mass is 281 g/mol. The second-order valence-electron chi connectivity index (χ2n) is 3.13. The first-order valence-corrected chi connectivity index (χ1v) is 5.35. The van der Waals surface area contributed by atoms with Crippen LogP contribution in [0.1, 0.15) is 33.2 Å². The van der Waals surface area contributed by atoms with E-state index in [0.29, 0.717) is 0 Å². The van der Waals surface area contributed by atoms with E-state index in [1.165, 1.54) is 18.2 Å². The van der Waals surface area contributed by atoms with Gasteiger partial charge in [-0.2, -0.15) is 5.26 Å². The van der Waals surface area contributed by atoms with Crippen molar-refractivity contribution >= 4 is 27.7 Å². The highest BCUT2D eigenvalue weighted by atomic mass is 79.9. The number of benzene rings is 1. The molecule has 82 valence electrons. The summed E-state index contributed by atoms with van der Waals surface area (Å²) < 4.78 is 0. The zero-order chi connectivity index (χ0) is 12.3. The molecule has 0 radical (unpaired) electrons. The smallest absolute Gasteiger partial charge is 0.336 e. The summed E-state index contributed by atoms with van der Waals surface area (Å²) in [6.07, 6.45) is 0. The van der Waals surface area contributed by atoms with Gasteiger partial charge in [0.1, 0.15) is 0 Å². The van der Waals surface area contributed by atoms with Gasteiger partial charge in [0.15, 0.2) is 5.78 Å². The van der Waals surface area contributed by atoms with Crippen molar-refractivity contribution < 1.29 is 14.7 Å². The number of aromatic carboxylic acids is 1. The number of hydrogen-bond donors (Lipinski definition) is 1. The number of nitrogens with zero attached hydrogens (tertiary/aromatic N) is 1. The Morgan fingerprint density at radius 2 is 2.12 bits per heavy atom. The van der Waals surface area contributed by atoms with Gasteiger partial charge in [0.05, 0.1) is 27.6 Å². The standard InChI is InChI=1S/C11H8BrNO3/c1-6(12)10(14)9-7(5-13)3-2-4-8(9)11(15)16/h2-4,6H,1H3,(H,15,16). The predicted octanol–water partition coefficient (Wildman–Crippen LogP) is 2.22. The molecule has 0 aliphatic rings. The average Bonchev–Trinajstić information content (AvgIpc) is 2.26. The summed E-state index contributed by atoms with van der Waals surface area (Å²) in [5.74, 6) is -1.62. The van der Waals surface area contributed by atoms with Gasteiger partial charge in [-0.25, -0.2) is 4.79 Å². The normalized spacial score (nSPS) is 11.6. The summed E-state index contributed by atoms with van der Waals surface area (Å²) in [6, 6.07) is 6.00. The van der Waals surface area contributed by atoms with Crippen LogP contribution in [0.4, 0.5) is 0 Å². The average molecular weight is 282 g/mol. The number of Topliss-reactive ketones (excluding diaryl/α,β-unsaturated/α-hetero) is 1. The maximum atomic E-state index is 11.8. The Morgan fingerprint density at radius 1 is 1.50 bits per heavy atom. The molecule has 0 amide bonds. The van der Waals surface area contributed by atoms with Crippen molar-refractivity contribution in [1.82, 2.24) is 0 Å². The third kappa shape index (κ3) is 2.28. The van der Waals surface area contributed by atoms with Gasteiger partial charge in [0.25, 0.3) is 0 Å². The zero-order valence-corrected chi connectivity index (χ0v) is 9.98. The largest absolute Gasteiger partial charge is 0.478 e. The molecular formula is C11H8BrNO3. The predicted molar refractivity (Wildman–Crippen MR) is 60.8 cm³/mol. The molecule has 1 N–H and O–H groups in total. The minimum atomic E-state index is -1.21. The molecule has 0 saturated heterocycles. The first-order valence-electron chi connectivity index (χ1n) is 4.43. The molecule has 1 atom stereocenters. The SMILES string of the molecule is CC(Br)C(=O)c1c(C#N)cccc1C(=O)O. The number of carbonyl (C=O) groups excluding carboxylic acids is 1. The van der Waals surface area contributed by atoms with Crippen LogP contribution in [0.2, 0.25) is 0 Å². The topological polar surface area (TPSA) is 78.2 Å². The zero-order valence-electron chi connectivity index (χ0n) is 8.40. The molecule has 1 aromatic carbocycles. The van der Waals surface area contributed by atoms with Gasteiger partial charge in [0, 0.05) is 0 Å². The maximum Gasteiger partial charge on any atom is 0.336 e. The van der Waals surface area contributed by atoms with Crippen LogP contribution in [-0.2, 0) is 0 Å². The molecule has 0 bridgehead atoms. The molecule has 1 unspecified atom stereocenters. The lowest BCUT2D eigenvalue weighted by Gasteiger charge is -2.08. The Morgan fingerprint density at radius 3 is 2.56 bits per heavy atom. The minimum absolute atomic E-state index is 0.0399. The molecule has 0 saturated carbocycles. The van der Waals surface area contributed by atoms with Gasteiger partial charge in [-0.3, -0.25) is 4.79 Å². The summed E-state index contributed by atoms with van der Waals surface area (Å²) in [6.45, 7) is 1.59. The van der Waals surface area contributed by atoms with Crippen LogP contribution in [0.25, 0.3) is 0 Å². The Bertz CT molecular complexity index is 488. The molecule has 4 nitrogen and oxygen atoms in total. The second kappa shape index (κ2) is 4.90. The van der Waals surface area contributed by atoms with Crippen LogP contribution in [0, 0.1) is 11.3 Å². The number of carboxylic acids is 1. The summed E-state index contributed by atoms with van der Waals surface area (Å²) in [5.41, 5.74) is -0.103. The molecule has 0 fully saturated rings. The molecule has 0 aromatic heterocycles. The van der Waals surface area contributed by atoms with Crippen molar-refractivity contribution in [3.63, 3.8) is 0 Å². The van der Waals surface area contributed by atoms with Crippen LogP contribution in [0.5, 0.6) is 0 Å². The second-order valence-corrected chi connectivity index (χ2v) is 4.50. The fraction of sp³-hybridized carbons (Fsp3) is 0.182. The van der Waals surface area contributed by atoms with Crippen molar-refractivity contribution in [3.8, 4) is 6.07 Å². The number of hydrogen-bond acceptors (Lipinski definition) is 3. The Balaban J connectivity index is 3.50. The number of carboxylic acid groups (broad SMARTS) is 1. The van der Waals surface area contributed by atoms with E-state index < -0.39 is 16.6 Å². The van der Waals surface area contributed by atoms with Crippen LogP contribution in [0.3, 0.4) is 0 Å². The van der Waals surface area contributed by atoms with Crippen LogP contribution in [0.15, 0.2) is 18.2 Å². The Hall–Kier alpha value is -1.67. The third-order valence-electron chi connectivity index (χ3n) is 2.02. The molecular weight excluding hydrogens is 274 g/mol. The molecule has 0 aliphatic heterocycles. The van der Waals surface area contributed by atoms with E-state index >= 15 is 0 Å². The van der Waals surface area contributed by atoms with Crippen molar-refractivity contribution in [2.75, 3.05) is 0 Å². The summed E-state index contributed by atoms with van der Waals surface area (Å²) in [4.78, 5) is 22.2. The van der Waals surface area contributed by atoms with Crippen molar-refractivity contribution in [2.45, 2.75) is 11.8 Å². The molecule has 0 aliphatic carbocycles. The first-order chi connectivity index (χ1) is 7.49. The molecule has 5 heteroatoms. The molecule has 0 spiro atoms. The van der Waals surface area contributed by atoms with Crippen molar-refractivity contribution in [2.24, 2.45) is 0 Å². The highest BCUT2D eigenvalue weighted by Gasteiger charge is 2.22. The van der Waals surface area contributed by atoms with E-state index in [1.54, 1.807) is 6.92 Å². The third-order valence-corrected chi connectivity index (χ3v) is 2.44. The number of alkyl halides is 1. The van der Waals surface area contributed by atoms with Crippen LogP contribution in [-0.4, -0.2) is 21.7 Å². The number of ketones is 1. The number of rotatable bonds is 3. The van der Waals surface area contributed by atoms with Gasteiger partial charge < -0.3 is 5.11 Å². The van der Waals surface area contributed by atoms with Crippen LogP contribution < -0.4 is 0 Å². The van der Waals surface area contributed by atoms with Gasteiger partial charge in [-0.1, -0.05) is 22.0 Å². The van der Waals surface area contributed by atoms with E-state index in [1.807, 2.05) is 6.07 Å². The van der Waals surface area contributed by atoms with Gasteiger partial charge in [-0.05, 0) is 19.1 Å². The van der Waals surface area contributed by atoms with Gasteiger partial charge in [0.2, 0.25) is 0 Å². The van der Waals surface area contributed by atoms with E-state index in [0.717, 1.165) is 0 Å². The fourth-order valence-corrected chi connectivity index (χ4v) is 1.52. The highest BCUT2D eigenvalue weighted by Crippen LogP contribution is 2.19. The fourth-order valence-electron chi connectivity index (χ4n) is 1.29. The van der Waals surface area contributed by atoms with Crippen LogP contribution >= 0.6 is 15.9 Å². The van der Waals surface area contributed by atoms with Gasteiger partial charge in [-0.15, -0.1) is 0 Å². The Labute approximate surface area is 101 Å². The summed E-state index contributed by atoms with van der Waals surface area (Å²) >= 11 is 3.07. The van der Waals surface area contributed by atoms with Gasteiger partial charge >= 0.3 is 5.97 Å². The maximum absolute atomic E-state index is 11.8. The quantitative estimate of drug-likeness (QED) is 0.681. The summed E-state index contributed by atoms with van der Waals surface area (Å²) in [5, 5.41) is 17.8. The lowest BCUT2D eigenvalue weighted by molar-refractivity contribution is 0.0692. The number of carbonyl (C=O) groups is 2. The van der Waals surface area contributed by atoms with E-state index in [2.05, 4.69) is 15.9 Å². The van der Waals surface area contributed by atoms with E-state index in [-0.39, 0.29) is 16.7 Å². The lowest BCUT2D eigenvalue weighted by atomic mass is 9.97. The lowest BCUT2D eigenvalue weighted by Crippen LogP contribution is -2.17.